The highest BCUT2D eigenvalue weighted by Gasteiger charge is 2.06. The van der Waals surface area contributed by atoms with Crippen LogP contribution in [0.1, 0.15) is 39.2 Å². The summed E-state index contributed by atoms with van der Waals surface area (Å²) in [6, 6.07) is 6.59. The fourth-order valence-corrected chi connectivity index (χ4v) is 2.26. The second-order valence-electron chi connectivity index (χ2n) is 5.05. The van der Waals surface area contributed by atoms with Gasteiger partial charge in [0.1, 0.15) is 5.82 Å². The van der Waals surface area contributed by atoms with Gasteiger partial charge >= 0.3 is 0 Å². The van der Waals surface area contributed by atoms with E-state index in [0.717, 1.165) is 32.5 Å². The van der Waals surface area contributed by atoms with Gasteiger partial charge in [-0.05, 0) is 57.6 Å². The molecule has 110 valence electrons. The van der Waals surface area contributed by atoms with Gasteiger partial charge in [-0.2, -0.15) is 5.26 Å². The topological polar surface area (TPSA) is 39.1 Å². The summed E-state index contributed by atoms with van der Waals surface area (Å²) in [5.41, 5.74) is 1.03. The summed E-state index contributed by atoms with van der Waals surface area (Å²) in [5, 5.41) is 12.1. The third-order valence-electron chi connectivity index (χ3n) is 3.45. The maximum atomic E-state index is 13.3. The predicted molar refractivity (Wildman–Crippen MR) is 81.2 cm³/mol. The van der Waals surface area contributed by atoms with E-state index in [4.69, 9.17) is 5.26 Å². The minimum atomic E-state index is -0.373. The Morgan fingerprint density at radius 1 is 1.30 bits per heavy atom. The molecule has 0 aliphatic heterocycles. The summed E-state index contributed by atoms with van der Waals surface area (Å²) in [4.78, 5) is 2.39. The van der Waals surface area contributed by atoms with E-state index in [9.17, 15) is 4.39 Å². The molecule has 0 saturated heterocycles. The Kier molecular flexibility index (Phi) is 7.03. The Morgan fingerprint density at radius 2 is 2.00 bits per heavy atom. The summed E-state index contributed by atoms with van der Waals surface area (Å²) in [6.07, 6.45) is 2.13. The van der Waals surface area contributed by atoms with Crippen molar-refractivity contribution in [1.82, 2.24) is 4.90 Å². The zero-order chi connectivity index (χ0) is 15.0. The lowest BCUT2D eigenvalue weighted by Crippen LogP contribution is -2.25. The number of nitrogens with one attached hydrogen (secondary N) is 1. The molecule has 1 unspecified atom stereocenters. The van der Waals surface area contributed by atoms with Gasteiger partial charge in [-0.3, -0.25) is 0 Å². The molecule has 0 spiro atoms. The average Bonchev–Trinajstić information content (AvgIpc) is 2.42. The number of halogens is 1. The second-order valence-corrected chi connectivity index (χ2v) is 5.05. The molecule has 0 fully saturated rings. The summed E-state index contributed by atoms with van der Waals surface area (Å²) in [6.45, 7) is 9.66. The van der Waals surface area contributed by atoms with Gasteiger partial charge in [-0.25, -0.2) is 4.39 Å². The molecule has 1 aromatic carbocycles. The lowest BCUT2D eigenvalue weighted by atomic mass is 10.1. The number of nitrogens with zero attached hydrogens (tertiary/aromatic N) is 2. The van der Waals surface area contributed by atoms with Gasteiger partial charge in [0.2, 0.25) is 0 Å². The van der Waals surface area contributed by atoms with E-state index >= 15 is 0 Å². The molecule has 4 heteroatoms. The third-order valence-corrected chi connectivity index (χ3v) is 3.45. The highest BCUT2D eigenvalue weighted by Crippen LogP contribution is 2.15. The van der Waals surface area contributed by atoms with Gasteiger partial charge in [0.15, 0.2) is 0 Å². The number of anilines is 1. The van der Waals surface area contributed by atoms with Crippen LogP contribution < -0.4 is 5.32 Å². The van der Waals surface area contributed by atoms with Crippen molar-refractivity contribution >= 4 is 5.69 Å². The summed E-state index contributed by atoms with van der Waals surface area (Å²) >= 11 is 0. The molecule has 0 saturated carbocycles. The maximum absolute atomic E-state index is 13.3. The standard InChI is InChI=1S/C16H24FN3/c1-4-20(5-2)8-6-7-13(3)19-16-10-14(12-18)9-15(17)11-16/h9-11,13,19H,4-8H2,1-3H3. The number of hydrogen-bond acceptors (Lipinski definition) is 3. The van der Waals surface area contributed by atoms with E-state index in [-0.39, 0.29) is 11.9 Å². The zero-order valence-corrected chi connectivity index (χ0v) is 12.6. The van der Waals surface area contributed by atoms with Crippen LogP contribution in [0.2, 0.25) is 0 Å². The van der Waals surface area contributed by atoms with Crippen LogP contribution in [-0.4, -0.2) is 30.6 Å². The monoisotopic (exact) mass is 277 g/mol. The van der Waals surface area contributed by atoms with Crippen LogP contribution in [0, 0.1) is 17.1 Å². The smallest absolute Gasteiger partial charge is 0.126 e. The first-order valence-corrected chi connectivity index (χ1v) is 7.28. The van der Waals surface area contributed by atoms with E-state index in [2.05, 4.69) is 31.0 Å². The number of nitriles is 1. The van der Waals surface area contributed by atoms with Crippen molar-refractivity contribution in [2.24, 2.45) is 0 Å². The first kappa shape index (κ1) is 16.5. The lowest BCUT2D eigenvalue weighted by molar-refractivity contribution is 0.295. The number of benzene rings is 1. The van der Waals surface area contributed by atoms with Gasteiger partial charge in [-0.15, -0.1) is 0 Å². The second kappa shape index (κ2) is 8.55. The molecular formula is C16H24FN3. The Bertz CT molecular complexity index is 450. The van der Waals surface area contributed by atoms with Crippen LogP contribution in [0.5, 0.6) is 0 Å². The molecule has 0 radical (unpaired) electrons. The van der Waals surface area contributed by atoms with Gasteiger partial charge in [0.05, 0.1) is 11.6 Å². The molecule has 1 atom stereocenters. The molecule has 1 aromatic rings. The molecule has 0 aliphatic rings. The predicted octanol–water partition coefficient (Wildman–Crippen LogP) is 3.62. The van der Waals surface area contributed by atoms with Gasteiger partial charge < -0.3 is 10.2 Å². The minimum absolute atomic E-state index is 0.263. The van der Waals surface area contributed by atoms with Crippen LogP contribution in [0.3, 0.4) is 0 Å². The summed E-state index contributed by atoms with van der Waals surface area (Å²) < 4.78 is 13.3. The van der Waals surface area contributed by atoms with Crippen molar-refractivity contribution < 1.29 is 4.39 Å². The fraction of sp³-hybridized carbons (Fsp3) is 0.562. The van der Waals surface area contributed by atoms with Crippen LogP contribution >= 0.6 is 0 Å². The molecule has 0 bridgehead atoms. The molecule has 1 rings (SSSR count). The van der Waals surface area contributed by atoms with Crippen molar-refractivity contribution in [3.8, 4) is 6.07 Å². The van der Waals surface area contributed by atoms with E-state index in [1.165, 1.54) is 12.1 Å². The molecular weight excluding hydrogens is 253 g/mol. The van der Waals surface area contributed by atoms with Crippen LogP contribution in [0.25, 0.3) is 0 Å². The van der Waals surface area contributed by atoms with E-state index in [0.29, 0.717) is 11.3 Å². The summed E-state index contributed by atoms with van der Waals surface area (Å²) in [5.74, 6) is -0.373. The highest BCUT2D eigenvalue weighted by atomic mass is 19.1. The first-order valence-electron chi connectivity index (χ1n) is 7.28. The quantitative estimate of drug-likeness (QED) is 0.789. The molecule has 20 heavy (non-hydrogen) atoms. The SMILES string of the molecule is CCN(CC)CCCC(C)Nc1cc(F)cc(C#N)c1. The number of hydrogen-bond donors (Lipinski definition) is 1. The van der Waals surface area contributed by atoms with Crippen molar-refractivity contribution in [2.45, 2.75) is 39.7 Å². The Hall–Kier alpha value is -1.60. The Balaban J connectivity index is 2.44. The van der Waals surface area contributed by atoms with Crippen LogP contribution in [-0.2, 0) is 0 Å². The van der Waals surface area contributed by atoms with Gasteiger partial charge in [-0.1, -0.05) is 13.8 Å². The maximum Gasteiger partial charge on any atom is 0.126 e. The van der Waals surface area contributed by atoms with E-state index < -0.39 is 0 Å². The van der Waals surface area contributed by atoms with Crippen molar-refractivity contribution in [3.63, 3.8) is 0 Å². The molecule has 3 nitrogen and oxygen atoms in total. The van der Waals surface area contributed by atoms with Crippen molar-refractivity contribution in [3.05, 3.63) is 29.6 Å². The normalized spacial score (nSPS) is 12.2. The molecule has 0 aromatic heterocycles. The largest absolute Gasteiger partial charge is 0.382 e. The molecule has 0 heterocycles. The lowest BCUT2D eigenvalue weighted by Gasteiger charge is -2.20. The van der Waals surface area contributed by atoms with E-state index in [1.54, 1.807) is 6.07 Å². The van der Waals surface area contributed by atoms with Crippen LogP contribution in [0.15, 0.2) is 18.2 Å². The van der Waals surface area contributed by atoms with E-state index in [1.807, 2.05) is 6.07 Å². The Morgan fingerprint density at radius 3 is 2.60 bits per heavy atom. The average molecular weight is 277 g/mol. The van der Waals surface area contributed by atoms with Gasteiger partial charge in [0, 0.05) is 11.7 Å². The minimum Gasteiger partial charge on any atom is -0.382 e. The molecule has 0 amide bonds. The first-order chi connectivity index (χ1) is 9.58. The molecule has 1 N–H and O–H groups in total. The van der Waals surface area contributed by atoms with Crippen LogP contribution in [0.4, 0.5) is 10.1 Å². The molecule has 0 aliphatic carbocycles. The zero-order valence-electron chi connectivity index (χ0n) is 12.6. The highest BCUT2D eigenvalue weighted by molar-refractivity contribution is 5.50. The Labute approximate surface area is 121 Å². The van der Waals surface area contributed by atoms with Gasteiger partial charge in [0.25, 0.3) is 0 Å². The summed E-state index contributed by atoms with van der Waals surface area (Å²) in [7, 11) is 0. The fourth-order valence-electron chi connectivity index (χ4n) is 2.26. The van der Waals surface area contributed by atoms with Crippen molar-refractivity contribution in [1.29, 1.82) is 5.26 Å². The van der Waals surface area contributed by atoms with Crippen molar-refractivity contribution in [2.75, 3.05) is 25.0 Å². The third kappa shape index (κ3) is 5.58. The number of rotatable bonds is 8.